The van der Waals surface area contributed by atoms with Gasteiger partial charge in [0.15, 0.2) is 0 Å². The fourth-order valence-electron chi connectivity index (χ4n) is 5.30. The number of benzene rings is 6. The van der Waals surface area contributed by atoms with E-state index in [1.165, 1.54) is 111 Å². The van der Waals surface area contributed by atoms with Gasteiger partial charge in [0.2, 0.25) is 20.0 Å². The van der Waals surface area contributed by atoms with Crippen LogP contribution in [0.3, 0.4) is 0 Å². The van der Waals surface area contributed by atoms with Gasteiger partial charge in [0, 0.05) is 48.0 Å². The number of sulfonamides is 2. The minimum Gasteiger partial charge on any atom is -0.871 e. The van der Waals surface area contributed by atoms with E-state index in [0.717, 1.165) is 8.61 Å². The molecule has 1 radical (unpaired) electrons. The predicted octanol–water partition coefficient (Wildman–Crippen LogP) is 2.34. The van der Waals surface area contributed by atoms with Gasteiger partial charge in [-0.1, -0.05) is 94.7 Å². The first kappa shape index (κ1) is 50.4. The molecule has 0 aromatic heterocycles. The number of likely N-dealkylation sites (N-methyl/N-ethyl adjacent to an activating group) is 2. The summed E-state index contributed by atoms with van der Waals surface area (Å²) in [5.41, 5.74) is -0.0680. The Morgan fingerprint density at radius 1 is 0.533 bits per heavy atom. The van der Waals surface area contributed by atoms with Gasteiger partial charge in [0.1, 0.15) is 0 Å². The van der Waals surface area contributed by atoms with Gasteiger partial charge in [0.25, 0.3) is 0 Å². The number of azo groups is 2. The van der Waals surface area contributed by atoms with E-state index in [-0.39, 0.29) is 106 Å². The average Bonchev–Trinajstić information content (AvgIpc) is 3.19. The van der Waals surface area contributed by atoms with Crippen LogP contribution < -0.4 is 50.0 Å². The molecule has 0 heterocycles. The minimum atomic E-state index is -3.80. The number of halogens is 2. The Bertz CT molecular complexity index is 2600. The zero-order valence-electron chi connectivity index (χ0n) is 31.9. The van der Waals surface area contributed by atoms with Crippen molar-refractivity contribution < 1.29 is 94.4 Å². The van der Waals surface area contributed by atoms with E-state index < -0.39 is 43.0 Å². The third-order valence-electron chi connectivity index (χ3n) is 8.46. The van der Waals surface area contributed by atoms with Crippen LogP contribution >= 0.6 is 23.2 Å². The van der Waals surface area contributed by atoms with E-state index in [0.29, 0.717) is 31.6 Å². The number of hydrogen-bond donors (Lipinski definition) is 2. The zero-order chi connectivity index (χ0) is 42.4. The molecule has 0 unspecified atom stereocenters. The van der Waals surface area contributed by atoms with Gasteiger partial charge in [-0.2, -0.15) is 29.1 Å². The largest absolute Gasteiger partial charge is 3.00 e. The standard InChI is InChI=1S/2C19H18ClN3O5S.Cr.Na/c2*1-23(8-9-24)29(27,28)14-4-5-15-12(10-14)2-6-18(26)19(15)22-21-16-11-13(20)3-7-17(16)25;;/h2*2-7,10-11,24-26H,8-9H2,1H3;;/q;;+3;+1/p-4. The van der Waals surface area contributed by atoms with Crippen molar-refractivity contribution in [2.75, 3.05) is 40.4 Å². The van der Waals surface area contributed by atoms with Gasteiger partial charge in [-0.25, -0.2) is 16.8 Å². The molecule has 0 aliphatic rings. The molecule has 0 fully saturated rings. The van der Waals surface area contributed by atoms with Crippen LogP contribution in [0.4, 0.5) is 22.7 Å². The van der Waals surface area contributed by atoms with Crippen molar-refractivity contribution in [3.8, 4) is 23.0 Å². The summed E-state index contributed by atoms with van der Waals surface area (Å²) in [5, 5.41) is 84.0. The predicted molar refractivity (Wildman–Crippen MR) is 211 cm³/mol. The third-order valence-corrected chi connectivity index (χ3v) is 12.6. The molecule has 6 rings (SSSR count). The first-order valence-electron chi connectivity index (χ1n) is 16.9. The van der Waals surface area contributed by atoms with Crippen molar-refractivity contribution in [3.63, 3.8) is 0 Å². The van der Waals surface area contributed by atoms with E-state index >= 15 is 0 Å². The third kappa shape index (κ3) is 11.7. The Balaban J connectivity index is 0.000000310. The van der Waals surface area contributed by atoms with Crippen molar-refractivity contribution >= 4 is 87.5 Å². The Hall–Kier alpha value is -3.91. The van der Waals surface area contributed by atoms with Crippen LogP contribution in [0.1, 0.15) is 0 Å². The van der Waals surface area contributed by atoms with Gasteiger partial charge < -0.3 is 30.6 Å². The van der Waals surface area contributed by atoms with Gasteiger partial charge >= 0.3 is 46.9 Å². The summed E-state index contributed by atoms with van der Waals surface area (Å²) in [7, 11) is -4.87. The number of aliphatic hydroxyl groups is 2. The second kappa shape index (κ2) is 21.7. The molecule has 0 aliphatic heterocycles. The second-order valence-corrected chi connectivity index (χ2v) is 17.3. The van der Waals surface area contributed by atoms with Crippen molar-refractivity contribution in [1.29, 1.82) is 0 Å². The normalized spacial score (nSPS) is 11.9. The van der Waals surface area contributed by atoms with Crippen molar-refractivity contribution in [1.82, 2.24) is 8.61 Å². The van der Waals surface area contributed by atoms with Crippen LogP contribution in [0.2, 0.25) is 10.0 Å². The molecular weight excluding hydrogens is 910 g/mol. The molecule has 307 valence electrons. The molecule has 60 heavy (non-hydrogen) atoms. The average molecular weight is 943 g/mol. The molecule has 0 saturated carbocycles. The minimum absolute atomic E-state index is 0. The molecule has 0 amide bonds. The summed E-state index contributed by atoms with van der Waals surface area (Å²) in [6.45, 7) is -0.704. The molecule has 0 bridgehead atoms. The number of hydrogen-bond acceptors (Lipinski definition) is 14. The van der Waals surface area contributed by atoms with Crippen LogP contribution in [0.15, 0.2) is 127 Å². The summed E-state index contributed by atoms with van der Waals surface area (Å²) in [6, 6.07) is 21.9. The fraction of sp³-hybridized carbons (Fsp3) is 0.158. The summed E-state index contributed by atoms with van der Waals surface area (Å²) in [6.07, 6.45) is 0. The van der Waals surface area contributed by atoms with Crippen molar-refractivity contribution in [3.05, 3.63) is 107 Å². The monoisotopic (exact) mass is 941 g/mol. The Kier molecular flexibility index (Phi) is 18.3. The summed E-state index contributed by atoms with van der Waals surface area (Å²) in [5.74, 6) is -1.65. The van der Waals surface area contributed by atoms with Crippen LogP contribution in [0.5, 0.6) is 23.0 Å². The number of fused-ring (bicyclic) bond motifs is 2. The maximum Gasteiger partial charge on any atom is 3.00 e. The molecule has 0 aliphatic carbocycles. The SMILES string of the molecule is CN(CCO)S(=O)(=O)c1ccc2c(N=Nc3cc(Cl)ccc3[O-])c([O-])ccc2c1.CN(CCO)S(=O)(=O)c1ccc2c(N=Nc3cc(Cl)ccc3[O-])c([O-])ccc2c1.[Cr+3].[Na+]. The Morgan fingerprint density at radius 3 is 1.23 bits per heavy atom. The molecule has 6 aromatic carbocycles. The molecular formula is C38H32Cl2CrN6NaO10S2. The Labute approximate surface area is 388 Å². The Morgan fingerprint density at radius 2 is 0.883 bits per heavy atom. The molecule has 0 atom stereocenters. The zero-order valence-corrected chi connectivity index (χ0v) is 38.3. The van der Waals surface area contributed by atoms with Crippen molar-refractivity contribution in [2.24, 2.45) is 20.5 Å². The van der Waals surface area contributed by atoms with Crippen LogP contribution in [0, 0.1) is 0 Å². The van der Waals surface area contributed by atoms with Gasteiger partial charge in [-0.3, -0.25) is 0 Å². The summed E-state index contributed by atoms with van der Waals surface area (Å²) < 4.78 is 52.3. The van der Waals surface area contributed by atoms with E-state index in [4.69, 9.17) is 33.4 Å². The number of aliphatic hydroxyl groups excluding tert-OH is 2. The van der Waals surface area contributed by atoms with Gasteiger partial charge in [0.05, 0.1) is 45.8 Å². The maximum absolute atomic E-state index is 12.6. The van der Waals surface area contributed by atoms with E-state index in [1.54, 1.807) is 0 Å². The van der Waals surface area contributed by atoms with E-state index in [1.807, 2.05) is 0 Å². The van der Waals surface area contributed by atoms with Crippen molar-refractivity contribution in [2.45, 2.75) is 9.79 Å². The second-order valence-electron chi connectivity index (χ2n) is 12.3. The molecule has 16 nitrogen and oxygen atoms in total. The summed E-state index contributed by atoms with van der Waals surface area (Å²) >= 11 is 11.7. The first-order valence-corrected chi connectivity index (χ1v) is 20.5. The first-order chi connectivity index (χ1) is 27.5. The molecule has 22 heteroatoms. The van der Waals surface area contributed by atoms with E-state index in [2.05, 4.69) is 20.5 Å². The van der Waals surface area contributed by atoms with E-state index in [9.17, 15) is 37.3 Å². The number of nitrogens with zero attached hydrogens (tertiary/aromatic N) is 6. The number of rotatable bonds is 12. The van der Waals surface area contributed by atoms with Gasteiger partial charge in [-0.05, 0) is 59.3 Å². The van der Waals surface area contributed by atoms with Crippen LogP contribution in [-0.4, -0.2) is 76.1 Å². The molecule has 2 N–H and O–H groups in total. The topological polar surface area (TPSA) is 257 Å². The quantitative estimate of drug-likeness (QED) is 0.134. The summed E-state index contributed by atoms with van der Waals surface area (Å²) in [4.78, 5) is 0.0262. The molecule has 0 spiro atoms. The molecule has 6 aromatic rings. The maximum atomic E-state index is 12.6. The molecule has 0 saturated heterocycles. The smallest absolute Gasteiger partial charge is 0.871 e. The van der Waals surface area contributed by atoms with Crippen LogP contribution in [-0.2, 0) is 37.4 Å². The fourth-order valence-corrected chi connectivity index (χ4v) is 8.03. The van der Waals surface area contributed by atoms with Crippen LogP contribution in [0.25, 0.3) is 21.5 Å². The van der Waals surface area contributed by atoms with Gasteiger partial charge in [-0.15, -0.1) is 0 Å².